The number of hydrogen-bond donors (Lipinski definition) is 4. The van der Waals surface area contributed by atoms with Crippen LogP contribution in [0.3, 0.4) is 0 Å². The van der Waals surface area contributed by atoms with Gasteiger partial charge in [0.15, 0.2) is 0 Å². The molecule has 2 rings (SSSR count). The minimum absolute atomic E-state index is 0.472. The van der Waals surface area contributed by atoms with Crippen LogP contribution >= 0.6 is 24.0 Å². The molecule has 1 aromatic carbocycles. The molecule has 6 heteroatoms. The topological polar surface area (TPSA) is 66.5 Å². The van der Waals surface area contributed by atoms with Crippen LogP contribution in [-0.4, -0.2) is 17.2 Å². The van der Waals surface area contributed by atoms with E-state index in [9.17, 15) is 0 Å². The minimum atomic E-state index is -1.47. The Hall–Kier alpha value is -0.685. The SMILES string of the molecule is Nc1cc2c(S)ccc(B(O)O)c2s1. The van der Waals surface area contributed by atoms with E-state index in [0.29, 0.717) is 10.5 Å². The molecule has 0 saturated heterocycles. The second kappa shape index (κ2) is 3.47. The molecule has 0 aliphatic carbocycles. The van der Waals surface area contributed by atoms with Crippen molar-refractivity contribution < 1.29 is 10.0 Å². The first kappa shape index (κ1) is 9.85. The van der Waals surface area contributed by atoms with Gasteiger partial charge in [-0.05, 0) is 12.1 Å². The van der Waals surface area contributed by atoms with E-state index >= 15 is 0 Å². The fraction of sp³-hybridized carbons (Fsp3) is 0. The predicted molar refractivity (Wildman–Crippen MR) is 63.3 cm³/mol. The Morgan fingerprint density at radius 1 is 1.36 bits per heavy atom. The minimum Gasteiger partial charge on any atom is -0.423 e. The van der Waals surface area contributed by atoms with Crippen molar-refractivity contribution in [1.82, 2.24) is 0 Å². The van der Waals surface area contributed by atoms with Crippen LogP contribution in [-0.2, 0) is 0 Å². The number of nitrogen functional groups attached to an aromatic ring is 1. The molecule has 1 heterocycles. The first-order valence-electron chi connectivity index (χ1n) is 3.96. The third-order valence-electron chi connectivity index (χ3n) is 1.99. The number of hydrogen-bond acceptors (Lipinski definition) is 5. The van der Waals surface area contributed by atoms with Crippen molar-refractivity contribution in [3.05, 3.63) is 18.2 Å². The van der Waals surface area contributed by atoms with Crippen LogP contribution in [0, 0.1) is 0 Å². The van der Waals surface area contributed by atoms with Crippen LogP contribution < -0.4 is 11.2 Å². The smallest absolute Gasteiger partial charge is 0.423 e. The molecule has 0 unspecified atom stereocenters. The number of nitrogens with two attached hydrogens (primary N) is 1. The first-order chi connectivity index (χ1) is 6.59. The lowest BCUT2D eigenvalue weighted by molar-refractivity contribution is 0.426. The summed E-state index contributed by atoms with van der Waals surface area (Å²) in [5.41, 5.74) is 6.12. The van der Waals surface area contributed by atoms with Gasteiger partial charge in [-0.25, -0.2) is 0 Å². The molecular weight excluding hydrogens is 217 g/mol. The largest absolute Gasteiger partial charge is 0.489 e. The van der Waals surface area contributed by atoms with Gasteiger partial charge in [0.1, 0.15) is 0 Å². The molecule has 0 amide bonds. The molecule has 72 valence electrons. The molecule has 0 aliphatic heterocycles. The lowest BCUT2D eigenvalue weighted by Crippen LogP contribution is -2.29. The standard InChI is InChI=1S/C8H8BNO2S2/c10-7-3-4-6(13)2-1-5(9(11)12)8(4)14-7/h1-3,11-13H,10H2. The van der Waals surface area contributed by atoms with Crippen LogP contribution in [0.25, 0.3) is 10.1 Å². The summed E-state index contributed by atoms with van der Waals surface area (Å²) < 4.78 is 0.782. The van der Waals surface area contributed by atoms with Crippen LogP contribution in [0.1, 0.15) is 0 Å². The van der Waals surface area contributed by atoms with Crippen molar-refractivity contribution >= 4 is 51.6 Å². The summed E-state index contributed by atoms with van der Waals surface area (Å²) in [6, 6.07) is 5.16. The second-order valence-corrected chi connectivity index (χ2v) is 4.50. The van der Waals surface area contributed by atoms with E-state index in [2.05, 4.69) is 12.6 Å². The number of anilines is 1. The van der Waals surface area contributed by atoms with Crippen LogP contribution in [0.2, 0.25) is 0 Å². The average molecular weight is 225 g/mol. The Bertz CT molecular complexity index is 483. The Labute approximate surface area is 90.7 Å². The van der Waals surface area contributed by atoms with Gasteiger partial charge in [0.2, 0.25) is 0 Å². The highest BCUT2D eigenvalue weighted by molar-refractivity contribution is 7.80. The molecular formula is C8H8BNO2S2. The van der Waals surface area contributed by atoms with Crippen molar-refractivity contribution in [2.24, 2.45) is 0 Å². The van der Waals surface area contributed by atoms with Gasteiger partial charge in [0.25, 0.3) is 0 Å². The summed E-state index contributed by atoms with van der Waals surface area (Å²) >= 11 is 5.60. The fourth-order valence-electron chi connectivity index (χ4n) is 1.35. The summed E-state index contributed by atoms with van der Waals surface area (Å²) in [5, 5.41) is 19.7. The average Bonchev–Trinajstić information content (AvgIpc) is 2.47. The zero-order valence-corrected chi connectivity index (χ0v) is 8.85. The van der Waals surface area contributed by atoms with E-state index in [1.54, 1.807) is 18.2 Å². The molecule has 0 spiro atoms. The summed E-state index contributed by atoms with van der Waals surface area (Å²) in [4.78, 5) is 0.789. The van der Waals surface area contributed by atoms with E-state index in [0.717, 1.165) is 15.0 Å². The number of benzene rings is 1. The zero-order valence-electron chi connectivity index (χ0n) is 7.14. The number of fused-ring (bicyclic) bond motifs is 1. The predicted octanol–water partition coefficient (Wildman–Crippen LogP) is 0.452. The molecule has 1 aromatic heterocycles. The second-order valence-electron chi connectivity index (χ2n) is 2.94. The van der Waals surface area contributed by atoms with Gasteiger partial charge < -0.3 is 15.8 Å². The van der Waals surface area contributed by atoms with Gasteiger partial charge in [-0.15, -0.1) is 24.0 Å². The quantitative estimate of drug-likeness (QED) is 0.421. The van der Waals surface area contributed by atoms with Crippen molar-refractivity contribution in [1.29, 1.82) is 0 Å². The number of rotatable bonds is 1. The first-order valence-corrected chi connectivity index (χ1v) is 5.23. The molecule has 3 nitrogen and oxygen atoms in total. The Morgan fingerprint density at radius 2 is 2.07 bits per heavy atom. The van der Waals surface area contributed by atoms with E-state index in [1.807, 2.05) is 0 Å². The third kappa shape index (κ3) is 1.50. The zero-order chi connectivity index (χ0) is 10.3. The summed E-state index contributed by atoms with van der Waals surface area (Å²) in [6.07, 6.45) is 0. The van der Waals surface area contributed by atoms with Gasteiger partial charge in [-0.2, -0.15) is 0 Å². The monoisotopic (exact) mass is 225 g/mol. The highest BCUT2D eigenvalue weighted by atomic mass is 32.1. The molecule has 0 bridgehead atoms. The summed E-state index contributed by atoms with van der Waals surface area (Å²) in [5.74, 6) is 0. The van der Waals surface area contributed by atoms with Crippen LogP contribution in [0.15, 0.2) is 23.1 Å². The van der Waals surface area contributed by atoms with Gasteiger partial charge in [0.05, 0.1) is 5.00 Å². The van der Waals surface area contributed by atoms with Crippen molar-refractivity contribution in [3.8, 4) is 0 Å². The van der Waals surface area contributed by atoms with E-state index in [-0.39, 0.29) is 0 Å². The van der Waals surface area contributed by atoms with Crippen molar-refractivity contribution in [2.75, 3.05) is 5.73 Å². The van der Waals surface area contributed by atoms with Gasteiger partial charge >= 0.3 is 7.12 Å². The van der Waals surface area contributed by atoms with Gasteiger partial charge in [-0.1, -0.05) is 6.07 Å². The molecule has 0 radical (unpaired) electrons. The molecule has 2 aromatic rings. The third-order valence-corrected chi connectivity index (χ3v) is 3.39. The van der Waals surface area contributed by atoms with E-state index in [1.165, 1.54) is 11.3 Å². The van der Waals surface area contributed by atoms with Gasteiger partial charge in [-0.3, -0.25) is 0 Å². The molecule has 4 N–H and O–H groups in total. The van der Waals surface area contributed by atoms with Crippen LogP contribution in [0.5, 0.6) is 0 Å². The fourth-order valence-corrected chi connectivity index (χ4v) is 2.66. The van der Waals surface area contributed by atoms with Crippen LogP contribution in [0.4, 0.5) is 5.00 Å². The Kier molecular flexibility index (Phi) is 2.44. The van der Waals surface area contributed by atoms with Crippen molar-refractivity contribution in [3.63, 3.8) is 0 Å². The highest BCUT2D eigenvalue weighted by Gasteiger charge is 2.17. The maximum atomic E-state index is 9.12. The normalized spacial score (nSPS) is 10.8. The van der Waals surface area contributed by atoms with E-state index in [4.69, 9.17) is 15.8 Å². The number of thiol groups is 1. The number of thiophene rings is 1. The highest BCUT2D eigenvalue weighted by Crippen LogP contribution is 2.30. The molecule has 0 atom stereocenters. The Morgan fingerprint density at radius 3 is 2.71 bits per heavy atom. The molecule has 0 aliphatic rings. The molecule has 0 fully saturated rings. The van der Waals surface area contributed by atoms with E-state index < -0.39 is 7.12 Å². The summed E-state index contributed by atoms with van der Waals surface area (Å²) in [7, 11) is -1.47. The lowest BCUT2D eigenvalue weighted by Gasteiger charge is -2.02. The maximum absolute atomic E-state index is 9.12. The van der Waals surface area contributed by atoms with Gasteiger partial charge in [0, 0.05) is 20.4 Å². The van der Waals surface area contributed by atoms with Crippen molar-refractivity contribution in [2.45, 2.75) is 4.90 Å². The Balaban J connectivity index is 2.81. The summed E-state index contributed by atoms with van der Waals surface area (Å²) in [6.45, 7) is 0. The maximum Gasteiger partial charge on any atom is 0.489 e. The molecule has 14 heavy (non-hydrogen) atoms. The molecule has 0 saturated carbocycles. The lowest BCUT2D eigenvalue weighted by atomic mass is 9.80.